The molecule has 220 valence electrons. The van der Waals surface area contributed by atoms with Gasteiger partial charge in [0.15, 0.2) is 5.78 Å². The second-order valence-electron chi connectivity index (χ2n) is 13.4. The van der Waals surface area contributed by atoms with Crippen molar-refractivity contribution in [2.24, 2.45) is 28.6 Å². The van der Waals surface area contributed by atoms with Crippen molar-refractivity contribution < 1.29 is 34.8 Å². The lowest BCUT2D eigenvalue weighted by Gasteiger charge is -2.48. The Balaban J connectivity index is 1.53. The monoisotopic (exact) mass is 546 g/mol. The molecule has 4 N–H and O–H groups in total. The first-order valence-electron chi connectivity index (χ1n) is 15.2. The van der Waals surface area contributed by atoms with E-state index in [2.05, 4.69) is 6.92 Å². The molecule has 8 atom stereocenters. The Morgan fingerprint density at radius 3 is 2.21 bits per heavy atom. The van der Waals surface area contributed by atoms with Crippen LogP contribution in [-0.2, 0) is 14.3 Å². The molecule has 2 bridgehead atoms. The number of allylic oxidation sites excluding steroid dienone is 1. The second kappa shape index (κ2) is 11.0. The predicted molar refractivity (Wildman–Crippen MR) is 149 cm³/mol. The summed E-state index contributed by atoms with van der Waals surface area (Å²) in [5, 5.41) is 44.5. The minimum atomic E-state index is -2.21. The maximum absolute atomic E-state index is 14.4. The van der Waals surface area contributed by atoms with Crippen molar-refractivity contribution in [2.75, 3.05) is 6.61 Å². The molecule has 7 heteroatoms. The molecular formula is C32H50O7. The fraction of sp³-hybridized carbons (Fsp3) is 0.812. The predicted octanol–water partition coefficient (Wildman–Crippen LogP) is 4.40. The first-order valence-corrected chi connectivity index (χ1v) is 15.2. The highest BCUT2D eigenvalue weighted by Crippen LogP contribution is 2.75. The molecule has 2 saturated carbocycles. The van der Waals surface area contributed by atoms with Gasteiger partial charge in [0.2, 0.25) is 0 Å². The van der Waals surface area contributed by atoms with Crippen LogP contribution in [-0.4, -0.2) is 62.2 Å². The van der Waals surface area contributed by atoms with Crippen molar-refractivity contribution >= 4 is 11.8 Å². The SMILES string of the molecule is CCCCCCCCCCCC(=O)O[C@@]12C[C@@H](C)[C@]34C=C(C)[C@H](O)[C@@]3(O)[C@H](O)C(CO)=C[C@H](C4=O)[C@@H]1C2(C)C. The molecule has 0 unspecified atom stereocenters. The molecule has 39 heavy (non-hydrogen) atoms. The van der Waals surface area contributed by atoms with E-state index in [0.29, 0.717) is 18.4 Å². The highest BCUT2D eigenvalue weighted by molar-refractivity contribution is 5.95. The van der Waals surface area contributed by atoms with Crippen LogP contribution in [0.5, 0.6) is 0 Å². The van der Waals surface area contributed by atoms with Gasteiger partial charge in [0, 0.05) is 23.7 Å². The zero-order chi connectivity index (χ0) is 28.8. The quantitative estimate of drug-likeness (QED) is 0.162. The van der Waals surface area contributed by atoms with Gasteiger partial charge in [0.05, 0.1) is 12.0 Å². The van der Waals surface area contributed by atoms with E-state index in [1.54, 1.807) is 19.1 Å². The Morgan fingerprint density at radius 2 is 1.62 bits per heavy atom. The number of carbonyl (C=O) groups is 2. The minimum absolute atomic E-state index is 0.117. The maximum Gasteiger partial charge on any atom is 0.306 e. The number of rotatable bonds is 12. The average molecular weight is 547 g/mol. The van der Waals surface area contributed by atoms with Gasteiger partial charge < -0.3 is 25.2 Å². The smallest absolute Gasteiger partial charge is 0.306 e. The molecule has 0 aromatic carbocycles. The van der Waals surface area contributed by atoms with Crippen LogP contribution in [0.15, 0.2) is 23.3 Å². The molecule has 0 aromatic rings. The van der Waals surface area contributed by atoms with Gasteiger partial charge in [0.25, 0.3) is 0 Å². The maximum atomic E-state index is 14.4. The second-order valence-corrected chi connectivity index (χ2v) is 13.4. The third-order valence-corrected chi connectivity index (χ3v) is 10.8. The number of fused-ring (bicyclic) bond motifs is 3. The van der Waals surface area contributed by atoms with E-state index in [9.17, 15) is 30.0 Å². The molecule has 0 heterocycles. The van der Waals surface area contributed by atoms with Gasteiger partial charge in [-0.05, 0) is 36.8 Å². The standard InChI is InChI=1S/C32H50O7/c1-6-7-8-9-10-11-12-13-14-15-24(34)39-31-18-21(3)30-17-20(2)26(35)32(30,38)27(36)22(19-33)16-23(28(30)37)25(31)29(31,4)5/h16-17,21,23,25-27,33,35-36,38H,6-15,18-19H2,1-5H3/t21-,23+,25-,26+,27-,30+,31+,32-/m1/s1. The third-order valence-electron chi connectivity index (χ3n) is 10.8. The van der Waals surface area contributed by atoms with Gasteiger partial charge in [0.1, 0.15) is 23.4 Å². The largest absolute Gasteiger partial charge is 0.458 e. The van der Waals surface area contributed by atoms with Crippen LogP contribution < -0.4 is 0 Å². The van der Waals surface area contributed by atoms with E-state index >= 15 is 0 Å². The summed E-state index contributed by atoms with van der Waals surface area (Å²) in [6.45, 7) is 9.16. The summed E-state index contributed by atoms with van der Waals surface area (Å²) in [6, 6.07) is 0. The Bertz CT molecular complexity index is 1010. The third kappa shape index (κ3) is 4.47. The average Bonchev–Trinajstić information content (AvgIpc) is 3.30. The number of aliphatic hydroxyl groups is 4. The Hall–Kier alpha value is -1.54. The van der Waals surface area contributed by atoms with Gasteiger partial charge in [-0.2, -0.15) is 0 Å². The number of hydrogen-bond acceptors (Lipinski definition) is 7. The molecule has 7 nitrogen and oxygen atoms in total. The van der Waals surface area contributed by atoms with E-state index in [0.717, 1.165) is 19.3 Å². The number of esters is 1. The molecule has 1 spiro atoms. The highest BCUT2D eigenvalue weighted by atomic mass is 16.6. The van der Waals surface area contributed by atoms with Crippen LogP contribution >= 0.6 is 0 Å². The van der Waals surface area contributed by atoms with Crippen LogP contribution in [0.25, 0.3) is 0 Å². The van der Waals surface area contributed by atoms with E-state index < -0.39 is 52.7 Å². The first kappa shape index (κ1) is 30.4. The number of Topliss-reactive ketones (excluding diaryl/α,β-unsaturated/α-hetero) is 1. The highest BCUT2D eigenvalue weighted by Gasteiger charge is 2.83. The normalized spacial score (nSPS) is 40.1. The summed E-state index contributed by atoms with van der Waals surface area (Å²) in [6.07, 6.45) is 11.2. The molecule has 0 radical (unpaired) electrons. The van der Waals surface area contributed by atoms with Gasteiger partial charge >= 0.3 is 5.97 Å². The molecule has 4 aliphatic rings. The zero-order valence-corrected chi connectivity index (χ0v) is 24.5. The molecule has 2 fully saturated rings. The Kier molecular flexibility index (Phi) is 8.61. The molecule has 0 amide bonds. The molecule has 4 aliphatic carbocycles. The van der Waals surface area contributed by atoms with Crippen LogP contribution in [0.3, 0.4) is 0 Å². The number of hydrogen-bond donors (Lipinski definition) is 4. The molecule has 4 rings (SSSR count). The number of ketones is 1. The molecular weight excluding hydrogens is 496 g/mol. The Labute approximate surface area is 233 Å². The lowest BCUT2D eigenvalue weighted by molar-refractivity contribution is -0.191. The molecule has 0 saturated heterocycles. The summed E-state index contributed by atoms with van der Waals surface area (Å²) in [7, 11) is 0. The minimum Gasteiger partial charge on any atom is -0.458 e. The van der Waals surface area contributed by atoms with Crippen LogP contribution in [0.4, 0.5) is 0 Å². The fourth-order valence-electron chi connectivity index (χ4n) is 8.56. The van der Waals surface area contributed by atoms with Crippen LogP contribution in [0.2, 0.25) is 0 Å². The zero-order valence-electron chi connectivity index (χ0n) is 24.5. The summed E-state index contributed by atoms with van der Waals surface area (Å²) in [4.78, 5) is 27.5. The first-order chi connectivity index (χ1) is 18.4. The van der Waals surface area contributed by atoms with Gasteiger partial charge in [-0.25, -0.2) is 0 Å². The number of carbonyl (C=O) groups excluding carboxylic acids is 2. The lowest BCUT2D eigenvalue weighted by Crippen LogP contribution is -2.65. The van der Waals surface area contributed by atoms with Crippen molar-refractivity contribution in [3.63, 3.8) is 0 Å². The van der Waals surface area contributed by atoms with Crippen LogP contribution in [0.1, 0.15) is 105 Å². The summed E-state index contributed by atoms with van der Waals surface area (Å²) < 4.78 is 6.31. The van der Waals surface area contributed by atoms with Crippen LogP contribution in [0, 0.1) is 28.6 Å². The number of ether oxygens (including phenoxy) is 1. The van der Waals surface area contributed by atoms with E-state index in [-0.39, 0.29) is 23.2 Å². The summed E-state index contributed by atoms with van der Waals surface area (Å²) in [5.74, 6) is -2.21. The summed E-state index contributed by atoms with van der Waals surface area (Å²) in [5.41, 5.74) is -4.64. The van der Waals surface area contributed by atoms with Crippen molar-refractivity contribution in [2.45, 2.75) is 129 Å². The number of aliphatic hydroxyl groups excluding tert-OH is 3. The number of unbranched alkanes of at least 4 members (excludes halogenated alkanes) is 8. The molecule has 0 aromatic heterocycles. The van der Waals surface area contributed by atoms with E-state index in [4.69, 9.17) is 4.74 Å². The fourth-order valence-corrected chi connectivity index (χ4v) is 8.56. The lowest BCUT2D eigenvalue weighted by atomic mass is 9.59. The van der Waals surface area contributed by atoms with Crippen molar-refractivity contribution in [3.05, 3.63) is 23.3 Å². The summed E-state index contributed by atoms with van der Waals surface area (Å²) >= 11 is 0. The van der Waals surface area contributed by atoms with E-state index in [1.807, 2.05) is 20.8 Å². The van der Waals surface area contributed by atoms with Crippen molar-refractivity contribution in [1.29, 1.82) is 0 Å². The van der Waals surface area contributed by atoms with Crippen molar-refractivity contribution in [3.8, 4) is 0 Å². The van der Waals surface area contributed by atoms with Gasteiger partial charge in [-0.1, -0.05) is 91.2 Å². The van der Waals surface area contributed by atoms with E-state index in [1.165, 1.54) is 38.5 Å². The topological polar surface area (TPSA) is 124 Å². The molecule has 0 aliphatic heterocycles. The van der Waals surface area contributed by atoms with Gasteiger partial charge in [-0.3, -0.25) is 9.59 Å². The van der Waals surface area contributed by atoms with Gasteiger partial charge in [-0.15, -0.1) is 0 Å². The Morgan fingerprint density at radius 1 is 1.03 bits per heavy atom. The van der Waals surface area contributed by atoms with Crippen molar-refractivity contribution in [1.82, 2.24) is 0 Å².